The van der Waals surface area contributed by atoms with Gasteiger partial charge in [0.05, 0.1) is 17.5 Å². The van der Waals surface area contributed by atoms with Crippen molar-refractivity contribution in [2.45, 2.75) is 6.42 Å². The van der Waals surface area contributed by atoms with E-state index in [0.29, 0.717) is 23.3 Å². The van der Waals surface area contributed by atoms with Crippen LogP contribution in [0.4, 0.5) is 10.1 Å². The van der Waals surface area contributed by atoms with Gasteiger partial charge in [0.2, 0.25) is 11.8 Å². The molecule has 0 N–H and O–H groups in total. The van der Waals surface area contributed by atoms with Crippen LogP contribution in [-0.4, -0.2) is 24.2 Å². The van der Waals surface area contributed by atoms with Crippen LogP contribution in [0, 0.1) is 41.3 Å². The average molecular weight is 452 g/mol. The molecule has 0 radical (unpaired) electrons. The van der Waals surface area contributed by atoms with Crippen LogP contribution in [0.2, 0.25) is 5.02 Å². The highest BCUT2D eigenvalue weighted by Crippen LogP contribution is 2.65. The number of imide groups is 1. The van der Waals surface area contributed by atoms with E-state index < -0.39 is 11.6 Å². The lowest BCUT2D eigenvalue weighted by Crippen LogP contribution is -2.40. The molecular weight excluding hydrogens is 433 g/mol. The van der Waals surface area contributed by atoms with Gasteiger partial charge in [-0.25, -0.2) is 4.39 Å². The van der Waals surface area contributed by atoms with Crippen LogP contribution in [0.1, 0.15) is 16.8 Å². The van der Waals surface area contributed by atoms with E-state index in [9.17, 15) is 18.8 Å². The van der Waals surface area contributed by atoms with Crippen LogP contribution >= 0.6 is 11.6 Å². The molecule has 1 saturated heterocycles. The summed E-state index contributed by atoms with van der Waals surface area (Å²) in [4.78, 5) is 39.9. The summed E-state index contributed by atoms with van der Waals surface area (Å²) in [6, 6.07) is 10.2. The minimum Gasteiger partial charge on any atom is -0.485 e. The second kappa shape index (κ2) is 7.01. The van der Waals surface area contributed by atoms with Gasteiger partial charge >= 0.3 is 0 Å². The molecule has 4 aliphatic carbocycles. The molecule has 1 aliphatic heterocycles. The fourth-order valence-electron chi connectivity index (χ4n) is 5.85. The molecule has 4 unspecified atom stereocenters. The molecule has 0 aromatic heterocycles. The van der Waals surface area contributed by atoms with E-state index in [4.69, 9.17) is 16.3 Å². The molecule has 162 valence electrons. The number of Topliss-reactive ketones (excluding diaryl/α,β-unsaturated/α-hetero) is 1. The van der Waals surface area contributed by atoms with Crippen molar-refractivity contribution in [3.05, 3.63) is 71.0 Å². The second-order valence-electron chi connectivity index (χ2n) is 9.03. The molecule has 5 nitrogen and oxygen atoms in total. The Kier molecular flexibility index (Phi) is 4.31. The fraction of sp³-hybridized carbons (Fsp3) is 0.320. The van der Waals surface area contributed by atoms with Crippen molar-refractivity contribution in [2.75, 3.05) is 11.5 Å². The Morgan fingerprint density at radius 1 is 1.00 bits per heavy atom. The first-order chi connectivity index (χ1) is 15.4. The van der Waals surface area contributed by atoms with Crippen LogP contribution in [0.15, 0.2) is 54.6 Å². The number of carbonyl (C=O) groups excluding carboxylic acids is 3. The molecule has 2 aromatic carbocycles. The predicted octanol–water partition coefficient (Wildman–Crippen LogP) is 4.30. The third kappa shape index (κ3) is 2.93. The van der Waals surface area contributed by atoms with Crippen LogP contribution in [0.25, 0.3) is 0 Å². The Morgan fingerprint density at radius 3 is 2.22 bits per heavy atom. The number of anilines is 1. The number of ketones is 1. The lowest BCUT2D eigenvalue weighted by atomic mass is 9.63. The zero-order valence-electron chi connectivity index (χ0n) is 16.9. The van der Waals surface area contributed by atoms with E-state index in [2.05, 4.69) is 12.2 Å². The van der Waals surface area contributed by atoms with Gasteiger partial charge in [0.1, 0.15) is 11.6 Å². The van der Waals surface area contributed by atoms with E-state index >= 15 is 0 Å². The highest BCUT2D eigenvalue weighted by Gasteiger charge is 2.67. The maximum atomic E-state index is 13.5. The Labute approximate surface area is 188 Å². The van der Waals surface area contributed by atoms with Crippen LogP contribution in [0.3, 0.4) is 0 Å². The standard InChI is InChI=1S/C25H19ClFNO4/c26-13-7-12(8-14(27)9-13)21(29)11-32-16-3-1-15(2-4-16)28-24(30)22-17-5-6-18(20-10-19(17)20)23(22)25(28)31/h1-9,17-20,22-23H,10-11H2/t17-,18?,19?,20-,22?,23?/m1/s1. The van der Waals surface area contributed by atoms with Crippen molar-refractivity contribution in [3.63, 3.8) is 0 Å². The number of rotatable bonds is 5. The zero-order valence-corrected chi connectivity index (χ0v) is 17.7. The highest BCUT2D eigenvalue weighted by atomic mass is 35.5. The number of amides is 2. The molecule has 32 heavy (non-hydrogen) atoms. The first-order valence-electron chi connectivity index (χ1n) is 10.7. The monoisotopic (exact) mass is 451 g/mol. The van der Waals surface area contributed by atoms with Gasteiger partial charge in [0, 0.05) is 10.6 Å². The lowest BCUT2D eigenvalue weighted by molar-refractivity contribution is -0.124. The number of carbonyl (C=O) groups is 3. The van der Waals surface area contributed by atoms with E-state index in [1.54, 1.807) is 24.3 Å². The van der Waals surface area contributed by atoms with Crippen LogP contribution in [-0.2, 0) is 9.59 Å². The van der Waals surface area contributed by atoms with E-state index in [1.807, 2.05) is 0 Å². The zero-order chi connectivity index (χ0) is 22.1. The molecule has 2 bridgehead atoms. The van der Waals surface area contributed by atoms with Gasteiger partial charge in [-0.05, 0) is 72.6 Å². The molecule has 0 spiro atoms. The molecule has 2 saturated carbocycles. The largest absolute Gasteiger partial charge is 0.485 e. The van der Waals surface area contributed by atoms with E-state index in [-0.39, 0.29) is 52.7 Å². The smallest absolute Gasteiger partial charge is 0.238 e. The maximum absolute atomic E-state index is 13.5. The number of ether oxygens (including phenoxy) is 1. The number of benzene rings is 2. The van der Waals surface area contributed by atoms with Crippen LogP contribution < -0.4 is 9.64 Å². The molecule has 7 rings (SSSR count). The lowest BCUT2D eigenvalue weighted by Gasteiger charge is -2.37. The summed E-state index contributed by atoms with van der Waals surface area (Å²) < 4.78 is 19.0. The van der Waals surface area contributed by atoms with Crippen molar-refractivity contribution in [2.24, 2.45) is 35.5 Å². The van der Waals surface area contributed by atoms with Gasteiger partial charge in [-0.15, -0.1) is 0 Å². The van der Waals surface area contributed by atoms with Gasteiger partial charge in [-0.1, -0.05) is 23.8 Å². The Hall–Kier alpha value is -2.99. The Bertz CT molecular complexity index is 1140. The van der Waals surface area contributed by atoms with Crippen molar-refractivity contribution >= 4 is 34.9 Å². The molecule has 2 amide bonds. The number of hydrogen-bond acceptors (Lipinski definition) is 4. The quantitative estimate of drug-likeness (QED) is 0.386. The van der Waals surface area contributed by atoms with Crippen molar-refractivity contribution in [3.8, 4) is 5.75 Å². The van der Waals surface area contributed by atoms with Crippen molar-refractivity contribution < 1.29 is 23.5 Å². The second-order valence-corrected chi connectivity index (χ2v) is 9.47. The summed E-state index contributed by atoms with van der Waals surface area (Å²) in [7, 11) is 0. The molecule has 3 fully saturated rings. The van der Waals surface area contributed by atoms with Crippen LogP contribution in [0.5, 0.6) is 5.75 Å². The van der Waals surface area contributed by atoms with Gasteiger partial charge < -0.3 is 4.74 Å². The summed E-state index contributed by atoms with van der Waals surface area (Å²) in [6.07, 6.45) is 5.42. The first-order valence-corrected chi connectivity index (χ1v) is 11.1. The average Bonchev–Trinajstić information content (AvgIpc) is 3.55. The molecular formula is C25H19ClFNO4. The number of nitrogens with zero attached hydrogens (tertiary/aromatic N) is 1. The minimum absolute atomic E-state index is 0.114. The van der Waals surface area contributed by atoms with Gasteiger partial charge in [0.25, 0.3) is 0 Å². The Morgan fingerprint density at radius 2 is 1.62 bits per heavy atom. The summed E-state index contributed by atoms with van der Waals surface area (Å²) in [5, 5.41) is 0.138. The fourth-order valence-corrected chi connectivity index (χ4v) is 6.07. The van der Waals surface area contributed by atoms with Gasteiger partial charge in [0.15, 0.2) is 12.4 Å². The van der Waals surface area contributed by atoms with Gasteiger partial charge in [-0.3, -0.25) is 19.3 Å². The summed E-state index contributed by atoms with van der Waals surface area (Å²) in [5.41, 5.74) is 0.641. The number of halogens is 2. The number of allylic oxidation sites excluding steroid dienone is 2. The third-order valence-corrected chi connectivity index (χ3v) is 7.53. The molecule has 2 aromatic rings. The third-order valence-electron chi connectivity index (χ3n) is 7.31. The highest BCUT2D eigenvalue weighted by molar-refractivity contribution is 6.31. The predicted molar refractivity (Wildman–Crippen MR) is 115 cm³/mol. The maximum Gasteiger partial charge on any atom is 0.238 e. The molecule has 5 aliphatic rings. The molecule has 7 heteroatoms. The van der Waals surface area contributed by atoms with E-state index in [1.165, 1.54) is 11.0 Å². The molecule has 6 atom stereocenters. The van der Waals surface area contributed by atoms with E-state index in [0.717, 1.165) is 18.6 Å². The van der Waals surface area contributed by atoms with Gasteiger partial charge in [-0.2, -0.15) is 0 Å². The first kappa shape index (κ1) is 19.7. The summed E-state index contributed by atoms with van der Waals surface area (Å²) >= 11 is 5.80. The normalized spacial score (nSPS) is 31.5. The molecule has 1 heterocycles. The number of hydrogen-bond donors (Lipinski definition) is 0. The Balaban J connectivity index is 1.16. The van der Waals surface area contributed by atoms with Crippen molar-refractivity contribution in [1.29, 1.82) is 0 Å². The summed E-state index contributed by atoms with van der Waals surface area (Å²) in [5.74, 6) is 0.173. The van der Waals surface area contributed by atoms with Crippen molar-refractivity contribution in [1.82, 2.24) is 0 Å². The topological polar surface area (TPSA) is 63.7 Å². The SMILES string of the molecule is O=C(COc1ccc(N2C(=O)C3C(C2=O)[C@@H]2C=CC3[C@H]3CC23)cc1)c1cc(F)cc(Cl)c1. The summed E-state index contributed by atoms with van der Waals surface area (Å²) in [6.45, 7) is -0.289. The minimum atomic E-state index is -0.591.